The van der Waals surface area contributed by atoms with Crippen molar-refractivity contribution >= 4 is 0 Å². The van der Waals surface area contributed by atoms with Crippen molar-refractivity contribution in [3.8, 4) is 0 Å². The molecule has 0 aromatic rings. The molecule has 3 fully saturated rings. The molecule has 3 saturated heterocycles. The quantitative estimate of drug-likeness (QED) is 0.139. The molecule has 13 atom stereocenters. The van der Waals surface area contributed by atoms with E-state index in [1.807, 2.05) is 0 Å². The number of hydrogen-bond acceptors (Lipinski definition) is 16. The number of rotatable bonds is 9. The Bertz CT molecular complexity index is 670. The van der Waals surface area contributed by atoms with Gasteiger partial charge >= 0.3 is 0 Å². The highest BCUT2D eigenvalue weighted by Crippen LogP contribution is 2.36. The Morgan fingerprint density at radius 3 is 1.79 bits per heavy atom. The molecule has 16 nitrogen and oxygen atoms in total. The van der Waals surface area contributed by atoms with Crippen LogP contribution < -0.4 is 0 Å². The molecule has 3 heterocycles. The standard InChI is InChI=1S/C18H32O16/c19-1-6-10(23)14(27)17(29,32-6)5-30-3-8-9(22)12(25)13(26)16(31-8)34-18(4-21)15(28)11(24)7(2-20)33-18/h6-16,19-29H,1-5H2/t6-,7-,8+,9+,10+,11+,12-,13+,14-,15-,16?,17+,18-/m0/s1. The second-order valence-electron chi connectivity index (χ2n) is 8.51. The lowest BCUT2D eigenvalue weighted by Crippen LogP contribution is -2.63. The molecule has 1 unspecified atom stereocenters. The zero-order valence-electron chi connectivity index (χ0n) is 17.8. The first-order valence-electron chi connectivity index (χ1n) is 10.5. The molecule has 200 valence electrons. The SMILES string of the molecule is OC[C@@H]1O[C@@](CO)(OC2O[C@H](COC[C@@]3(O)O[C@@H](CO)[C@@H](O)[C@@H]3O)[C@@H](O)[C@H](O)[C@H]2O)[C@@H](O)[C@@H]1O. The summed E-state index contributed by atoms with van der Waals surface area (Å²) in [5.41, 5.74) is 0. The maximum atomic E-state index is 10.3. The van der Waals surface area contributed by atoms with E-state index >= 15 is 0 Å². The highest BCUT2D eigenvalue weighted by molar-refractivity contribution is 4.99. The van der Waals surface area contributed by atoms with Gasteiger partial charge in [0.2, 0.25) is 11.6 Å². The Hall–Kier alpha value is -0.640. The van der Waals surface area contributed by atoms with Crippen LogP contribution in [0, 0.1) is 0 Å². The average Bonchev–Trinajstić information content (AvgIpc) is 3.20. The van der Waals surface area contributed by atoms with Gasteiger partial charge in [0.1, 0.15) is 74.3 Å². The summed E-state index contributed by atoms with van der Waals surface area (Å²) in [5.74, 6) is -4.75. The van der Waals surface area contributed by atoms with Gasteiger partial charge in [-0.2, -0.15) is 0 Å². The van der Waals surface area contributed by atoms with E-state index in [9.17, 15) is 51.1 Å². The van der Waals surface area contributed by atoms with Crippen molar-refractivity contribution in [1.82, 2.24) is 0 Å². The third-order valence-corrected chi connectivity index (χ3v) is 6.18. The molecular formula is C18H32O16. The van der Waals surface area contributed by atoms with Gasteiger partial charge in [0.15, 0.2) is 6.29 Å². The largest absolute Gasteiger partial charge is 0.394 e. The summed E-state index contributed by atoms with van der Waals surface area (Å²) in [5, 5.41) is 109. The van der Waals surface area contributed by atoms with E-state index in [4.69, 9.17) is 28.8 Å². The predicted octanol–water partition coefficient (Wildman–Crippen LogP) is -7.57. The monoisotopic (exact) mass is 504 g/mol. The Morgan fingerprint density at radius 2 is 1.26 bits per heavy atom. The lowest BCUT2D eigenvalue weighted by molar-refractivity contribution is -0.385. The molecule has 11 N–H and O–H groups in total. The fourth-order valence-electron chi connectivity index (χ4n) is 4.08. The smallest absolute Gasteiger partial charge is 0.224 e. The molecule has 0 saturated carbocycles. The van der Waals surface area contributed by atoms with Crippen molar-refractivity contribution in [2.75, 3.05) is 33.0 Å². The highest BCUT2D eigenvalue weighted by Gasteiger charge is 2.58. The van der Waals surface area contributed by atoms with E-state index in [0.29, 0.717) is 0 Å². The van der Waals surface area contributed by atoms with Crippen molar-refractivity contribution in [3.63, 3.8) is 0 Å². The van der Waals surface area contributed by atoms with Gasteiger partial charge in [-0.05, 0) is 0 Å². The molecule has 34 heavy (non-hydrogen) atoms. The average molecular weight is 504 g/mol. The third-order valence-electron chi connectivity index (χ3n) is 6.18. The van der Waals surface area contributed by atoms with E-state index in [1.165, 1.54) is 0 Å². The van der Waals surface area contributed by atoms with Gasteiger partial charge in [-0.1, -0.05) is 0 Å². The van der Waals surface area contributed by atoms with E-state index in [0.717, 1.165) is 0 Å². The van der Waals surface area contributed by atoms with Crippen molar-refractivity contribution in [2.24, 2.45) is 0 Å². The minimum atomic E-state index is -2.40. The van der Waals surface area contributed by atoms with Gasteiger partial charge in [0.25, 0.3) is 0 Å². The normalized spacial score (nSPS) is 51.8. The maximum absolute atomic E-state index is 10.3. The van der Waals surface area contributed by atoms with Gasteiger partial charge in [-0.25, -0.2) is 0 Å². The maximum Gasteiger partial charge on any atom is 0.224 e. The third kappa shape index (κ3) is 4.96. The molecule has 0 spiro atoms. The van der Waals surface area contributed by atoms with Crippen LogP contribution in [0.4, 0.5) is 0 Å². The number of ether oxygens (including phenoxy) is 5. The molecule has 0 aliphatic carbocycles. The zero-order valence-corrected chi connectivity index (χ0v) is 17.8. The topological polar surface area (TPSA) is 269 Å². The first-order chi connectivity index (χ1) is 15.9. The van der Waals surface area contributed by atoms with Crippen molar-refractivity contribution < 1.29 is 79.9 Å². The highest BCUT2D eigenvalue weighted by atomic mass is 16.8. The first-order valence-corrected chi connectivity index (χ1v) is 10.5. The molecule has 3 rings (SSSR count). The fourth-order valence-corrected chi connectivity index (χ4v) is 4.08. The summed E-state index contributed by atoms with van der Waals surface area (Å²) in [6.07, 6.45) is -18.4. The summed E-state index contributed by atoms with van der Waals surface area (Å²) in [6, 6.07) is 0. The Balaban J connectivity index is 1.65. The van der Waals surface area contributed by atoms with Crippen molar-refractivity contribution in [2.45, 2.75) is 78.9 Å². The zero-order chi connectivity index (χ0) is 25.4. The minimum absolute atomic E-state index is 0.583. The molecular weight excluding hydrogens is 472 g/mol. The second-order valence-corrected chi connectivity index (χ2v) is 8.51. The molecule has 0 bridgehead atoms. The van der Waals surface area contributed by atoms with E-state index in [2.05, 4.69) is 0 Å². The van der Waals surface area contributed by atoms with Crippen LogP contribution in [-0.2, 0) is 23.7 Å². The molecule has 3 aliphatic rings. The Kier molecular flexibility index (Phi) is 8.85. The van der Waals surface area contributed by atoms with Gasteiger partial charge < -0.3 is 79.9 Å². The van der Waals surface area contributed by atoms with Gasteiger partial charge in [-0.3, -0.25) is 0 Å². The van der Waals surface area contributed by atoms with Crippen molar-refractivity contribution in [1.29, 1.82) is 0 Å². The number of hydrogen-bond donors (Lipinski definition) is 11. The van der Waals surface area contributed by atoms with Gasteiger partial charge in [-0.15, -0.1) is 0 Å². The number of aliphatic hydroxyl groups excluding tert-OH is 10. The van der Waals surface area contributed by atoms with Crippen LogP contribution in [0.25, 0.3) is 0 Å². The molecule has 0 amide bonds. The van der Waals surface area contributed by atoms with E-state index in [-0.39, 0.29) is 0 Å². The van der Waals surface area contributed by atoms with E-state index in [1.54, 1.807) is 0 Å². The lowest BCUT2D eigenvalue weighted by atomic mass is 9.98. The van der Waals surface area contributed by atoms with Crippen LogP contribution in [0.1, 0.15) is 0 Å². The van der Waals surface area contributed by atoms with Crippen LogP contribution >= 0.6 is 0 Å². The van der Waals surface area contributed by atoms with E-state index < -0.39 is 112 Å². The Labute approximate surface area is 192 Å². The van der Waals surface area contributed by atoms with Crippen molar-refractivity contribution in [3.05, 3.63) is 0 Å². The van der Waals surface area contributed by atoms with Crippen LogP contribution in [0.2, 0.25) is 0 Å². The summed E-state index contributed by atoms with van der Waals surface area (Å²) in [4.78, 5) is 0. The molecule has 0 aromatic carbocycles. The fraction of sp³-hybridized carbons (Fsp3) is 1.00. The molecule has 16 heteroatoms. The summed E-state index contributed by atoms with van der Waals surface area (Å²) < 4.78 is 26.2. The predicted molar refractivity (Wildman–Crippen MR) is 101 cm³/mol. The van der Waals surface area contributed by atoms with Crippen LogP contribution in [-0.4, -0.2) is 168 Å². The Morgan fingerprint density at radius 1 is 0.676 bits per heavy atom. The molecule has 0 radical (unpaired) electrons. The summed E-state index contributed by atoms with van der Waals surface area (Å²) in [6.45, 7) is -3.82. The first kappa shape index (κ1) is 27.9. The second kappa shape index (κ2) is 10.8. The lowest BCUT2D eigenvalue weighted by Gasteiger charge is -2.43. The summed E-state index contributed by atoms with van der Waals surface area (Å²) >= 11 is 0. The molecule has 0 aromatic heterocycles. The van der Waals surface area contributed by atoms with Crippen LogP contribution in [0.15, 0.2) is 0 Å². The van der Waals surface area contributed by atoms with Crippen LogP contribution in [0.3, 0.4) is 0 Å². The minimum Gasteiger partial charge on any atom is -0.394 e. The van der Waals surface area contributed by atoms with Crippen LogP contribution in [0.5, 0.6) is 0 Å². The van der Waals surface area contributed by atoms with Gasteiger partial charge in [0.05, 0.1) is 19.8 Å². The van der Waals surface area contributed by atoms with Gasteiger partial charge in [0, 0.05) is 0 Å². The summed E-state index contributed by atoms with van der Waals surface area (Å²) in [7, 11) is 0. The molecule has 3 aliphatic heterocycles. The number of aliphatic hydroxyl groups is 11.